The van der Waals surface area contributed by atoms with Gasteiger partial charge < -0.3 is 5.32 Å². The van der Waals surface area contributed by atoms with Crippen LogP contribution in [0.25, 0.3) is 0 Å². The lowest BCUT2D eigenvalue weighted by atomic mass is 10.1. The standard InChI is InChI=1S/C19H21ClN2O3S/c1-14-8-9-16(26(24,25)22-10-4-5-11-22)12-17(14)19(23)21-13-15-6-2-3-7-18(15)20/h2-3,6-9,12H,4-5,10-11,13H2,1H3,(H,21,23). The lowest BCUT2D eigenvalue weighted by Crippen LogP contribution is -2.29. The Morgan fingerprint density at radius 1 is 1.15 bits per heavy atom. The van der Waals surface area contributed by atoms with Crippen molar-refractivity contribution in [1.29, 1.82) is 0 Å². The summed E-state index contributed by atoms with van der Waals surface area (Å²) < 4.78 is 26.9. The van der Waals surface area contributed by atoms with Gasteiger partial charge in [0.05, 0.1) is 4.90 Å². The van der Waals surface area contributed by atoms with Crippen molar-refractivity contribution in [2.24, 2.45) is 0 Å². The van der Waals surface area contributed by atoms with Gasteiger partial charge >= 0.3 is 0 Å². The number of nitrogens with one attached hydrogen (secondary N) is 1. The Kier molecular flexibility index (Phi) is 5.65. The zero-order valence-corrected chi connectivity index (χ0v) is 16.1. The monoisotopic (exact) mass is 392 g/mol. The molecular weight excluding hydrogens is 372 g/mol. The van der Waals surface area contributed by atoms with Crippen LogP contribution in [0.15, 0.2) is 47.4 Å². The molecule has 7 heteroatoms. The highest BCUT2D eigenvalue weighted by atomic mass is 35.5. The quantitative estimate of drug-likeness (QED) is 0.848. The normalized spacial score (nSPS) is 15.2. The van der Waals surface area contributed by atoms with Crippen LogP contribution in [0.5, 0.6) is 0 Å². The maximum Gasteiger partial charge on any atom is 0.251 e. The van der Waals surface area contributed by atoms with Gasteiger partial charge in [0, 0.05) is 30.2 Å². The highest BCUT2D eigenvalue weighted by Gasteiger charge is 2.28. The Morgan fingerprint density at radius 2 is 1.85 bits per heavy atom. The first-order valence-electron chi connectivity index (χ1n) is 8.52. The number of benzene rings is 2. The Balaban J connectivity index is 1.81. The van der Waals surface area contributed by atoms with Crippen LogP contribution < -0.4 is 5.32 Å². The molecule has 0 bridgehead atoms. The highest BCUT2D eigenvalue weighted by molar-refractivity contribution is 7.89. The summed E-state index contributed by atoms with van der Waals surface area (Å²) in [5, 5.41) is 3.39. The van der Waals surface area contributed by atoms with Crippen molar-refractivity contribution in [1.82, 2.24) is 9.62 Å². The molecule has 0 unspecified atom stereocenters. The summed E-state index contributed by atoms with van der Waals surface area (Å²) >= 11 is 6.11. The molecule has 0 spiro atoms. The molecule has 1 fully saturated rings. The predicted octanol–water partition coefficient (Wildman–Crippen LogP) is 3.36. The topological polar surface area (TPSA) is 66.5 Å². The molecule has 1 aliphatic heterocycles. The molecule has 0 saturated carbocycles. The van der Waals surface area contributed by atoms with Crippen LogP contribution >= 0.6 is 11.6 Å². The first-order chi connectivity index (χ1) is 12.4. The highest BCUT2D eigenvalue weighted by Crippen LogP contribution is 2.23. The van der Waals surface area contributed by atoms with Gasteiger partial charge in [-0.05, 0) is 49.1 Å². The number of nitrogens with zero attached hydrogens (tertiary/aromatic N) is 1. The van der Waals surface area contributed by atoms with Crippen molar-refractivity contribution in [2.75, 3.05) is 13.1 Å². The minimum absolute atomic E-state index is 0.160. The van der Waals surface area contributed by atoms with Gasteiger partial charge in [-0.2, -0.15) is 4.31 Å². The number of carbonyl (C=O) groups is 1. The molecule has 0 aromatic heterocycles. The smallest absolute Gasteiger partial charge is 0.251 e. The van der Waals surface area contributed by atoms with Crippen LogP contribution in [0.4, 0.5) is 0 Å². The van der Waals surface area contributed by atoms with Crippen LogP contribution in [-0.4, -0.2) is 31.7 Å². The minimum Gasteiger partial charge on any atom is -0.348 e. The molecule has 2 aromatic rings. The van der Waals surface area contributed by atoms with Crippen molar-refractivity contribution >= 4 is 27.5 Å². The maximum atomic E-state index is 12.7. The van der Waals surface area contributed by atoms with E-state index in [-0.39, 0.29) is 17.3 Å². The van der Waals surface area contributed by atoms with Crippen molar-refractivity contribution in [3.63, 3.8) is 0 Å². The average Bonchev–Trinajstić information content (AvgIpc) is 3.16. The third-order valence-corrected chi connectivity index (χ3v) is 6.82. The van der Waals surface area contributed by atoms with Gasteiger partial charge in [-0.1, -0.05) is 35.9 Å². The molecule has 1 N–H and O–H groups in total. The summed E-state index contributed by atoms with van der Waals surface area (Å²) in [4.78, 5) is 12.7. The van der Waals surface area contributed by atoms with Crippen molar-refractivity contribution in [3.8, 4) is 0 Å². The number of aryl methyl sites for hydroxylation is 1. The lowest BCUT2D eigenvalue weighted by Gasteiger charge is -2.17. The van der Waals surface area contributed by atoms with Crippen molar-refractivity contribution in [2.45, 2.75) is 31.2 Å². The number of hydrogen-bond donors (Lipinski definition) is 1. The molecule has 1 amide bonds. The number of amides is 1. The van der Waals surface area contributed by atoms with Crippen LogP contribution in [0.1, 0.15) is 34.3 Å². The first-order valence-corrected chi connectivity index (χ1v) is 10.3. The maximum absolute atomic E-state index is 12.7. The molecule has 1 aliphatic rings. The van der Waals surface area contributed by atoms with Crippen LogP contribution in [0.3, 0.4) is 0 Å². The zero-order chi connectivity index (χ0) is 18.7. The van der Waals surface area contributed by atoms with Gasteiger partial charge in [0.25, 0.3) is 5.91 Å². The summed E-state index contributed by atoms with van der Waals surface area (Å²) in [5.41, 5.74) is 1.89. The number of carbonyl (C=O) groups excluding carboxylic acids is 1. The second-order valence-corrected chi connectivity index (χ2v) is 8.71. The molecule has 2 aromatic carbocycles. The third-order valence-electron chi connectivity index (χ3n) is 4.55. The van der Waals surface area contributed by atoms with Gasteiger partial charge in [0.2, 0.25) is 10.0 Å². The summed E-state index contributed by atoms with van der Waals surface area (Å²) in [5.74, 6) is -0.319. The van der Waals surface area contributed by atoms with Crippen LogP contribution in [0, 0.1) is 6.92 Å². The van der Waals surface area contributed by atoms with Crippen molar-refractivity contribution < 1.29 is 13.2 Å². The fraction of sp³-hybridized carbons (Fsp3) is 0.316. The molecule has 0 radical (unpaired) electrons. The van der Waals surface area contributed by atoms with E-state index in [1.807, 2.05) is 18.2 Å². The van der Waals surface area contributed by atoms with E-state index in [9.17, 15) is 13.2 Å². The van der Waals surface area contributed by atoms with E-state index in [0.717, 1.165) is 24.0 Å². The van der Waals surface area contributed by atoms with Crippen molar-refractivity contribution in [3.05, 3.63) is 64.2 Å². The molecule has 3 rings (SSSR count). The van der Waals surface area contributed by atoms with E-state index in [0.29, 0.717) is 23.7 Å². The van der Waals surface area contributed by atoms with Gasteiger partial charge in [0.1, 0.15) is 0 Å². The molecule has 138 valence electrons. The molecular formula is C19H21ClN2O3S. The van der Waals surface area contributed by atoms with E-state index in [1.54, 1.807) is 25.1 Å². The summed E-state index contributed by atoms with van der Waals surface area (Å²) in [6.07, 6.45) is 1.74. The largest absolute Gasteiger partial charge is 0.348 e. The van der Waals surface area contributed by atoms with E-state index >= 15 is 0 Å². The predicted molar refractivity (Wildman–Crippen MR) is 102 cm³/mol. The summed E-state index contributed by atoms with van der Waals surface area (Å²) in [6.45, 7) is 3.13. The number of sulfonamides is 1. The van der Waals surface area contributed by atoms with Gasteiger partial charge in [0.15, 0.2) is 0 Å². The molecule has 5 nitrogen and oxygen atoms in total. The molecule has 1 saturated heterocycles. The SMILES string of the molecule is Cc1ccc(S(=O)(=O)N2CCCC2)cc1C(=O)NCc1ccccc1Cl. The van der Waals surface area contributed by atoms with E-state index < -0.39 is 10.0 Å². The summed E-state index contributed by atoms with van der Waals surface area (Å²) in [6, 6.07) is 12.0. The van der Waals surface area contributed by atoms with E-state index in [4.69, 9.17) is 11.6 Å². The fourth-order valence-corrected chi connectivity index (χ4v) is 4.74. The second kappa shape index (κ2) is 7.78. The Labute approximate surface area is 159 Å². The lowest BCUT2D eigenvalue weighted by molar-refractivity contribution is 0.0950. The minimum atomic E-state index is -3.55. The molecule has 0 atom stereocenters. The first kappa shape index (κ1) is 18.9. The van der Waals surface area contributed by atoms with Gasteiger partial charge in [-0.3, -0.25) is 4.79 Å². The molecule has 26 heavy (non-hydrogen) atoms. The van der Waals surface area contributed by atoms with Gasteiger partial charge in [-0.15, -0.1) is 0 Å². The average molecular weight is 393 g/mol. The van der Waals surface area contributed by atoms with E-state index in [1.165, 1.54) is 10.4 Å². The third kappa shape index (κ3) is 3.92. The molecule has 0 aliphatic carbocycles. The Bertz CT molecular complexity index is 922. The van der Waals surface area contributed by atoms with Gasteiger partial charge in [-0.25, -0.2) is 8.42 Å². The number of halogens is 1. The molecule has 1 heterocycles. The van der Waals surface area contributed by atoms with Crippen LogP contribution in [0.2, 0.25) is 5.02 Å². The van der Waals surface area contributed by atoms with Crippen LogP contribution in [-0.2, 0) is 16.6 Å². The second-order valence-electron chi connectivity index (χ2n) is 6.36. The van der Waals surface area contributed by atoms with E-state index in [2.05, 4.69) is 5.32 Å². The Hall–Kier alpha value is -1.89. The fourth-order valence-electron chi connectivity index (χ4n) is 3.00. The number of rotatable bonds is 5. The zero-order valence-electron chi connectivity index (χ0n) is 14.5. The Morgan fingerprint density at radius 3 is 2.54 bits per heavy atom. The number of hydrogen-bond acceptors (Lipinski definition) is 3. The summed E-state index contributed by atoms with van der Waals surface area (Å²) in [7, 11) is -3.55.